The highest BCUT2D eigenvalue weighted by molar-refractivity contribution is 5.79. The van der Waals surface area contributed by atoms with E-state index in [0.717, 1.165) is 24.3 Å². The molecule has 2 aromatic rings. The van der Waals surface area contributed by atoms with Crippen LogP contribution in [0.1, 0.15) is 51.0 Å². The smallest absolute Gasteiger partial charge is 0.0705 e. The Labute approximate surface area is 121 Å². The summed E-state index contributed by atoms with van der Waals surface area (Å²) in [5.41, 5.74) is 8.93. The van der Waals surface area contributed by atoms with Crippen molar-refractivity contribution in [2.24, 2.45) is 11.7 Å². The Hall–Kier alpha value is -1.41. The molecule has 2 unspecified atom stereocenters. The summed E-state index contributed by atoms with van der Waals surface area (Å²) >= 11 is 0. The highest BCUT2D eigenvalue weighted by Gasteiger charge is 2.30. The topological polar surface area (TPSA) is 38.9 Å². The number of hydrogen-bond donors (Lipinski definition) is 1. The molecule has 0 saturated heterocycles. The first kappa shape index (κ1) is 13.6. The summed E-state index contributed by atoms with van der Waals surface area (Å²) in [6, 6.07) is 10.7. The van der Waals surface area contributed by atoms with E-state index in [0.29, 0.717) is 0 Å². The minimum absolute atomic E-state index is 0.157. The molecule has 0 radical (unpaired) electrons. The average molecular weight is 268 g/mol. The average Bonchev–Trinajstić information content (AvgIpc) is 2.69. The van der Waals surface area contributed by atoms with Crippen molar-refractivity contribution in [3.05, 3.63) is 42.1 Å². The third kappa shape index (κ3) is 2.57. The van der Waals surface area contributed by atoms with Gasteiger partial charge in [-0.05, 0) is 42.9 Å². The van der Waals surface area contributed by atoms with Crippen LogP contribution < -0.4 is 5.73 Å². The van der Waals surface area contributed by atoms with E-state index >= 15 is 0 Å². The van der Waals surface area contributed by atoms with Crippen LogP contribution in [0.5, 0.6) is 0 Å². The van der Waals surface area contributed by atoms with Gasteiger partial charge in [-0.15, -0.1) is 0 Å². The maximum atomic E-state index is 6.76. The predicted octanol–water partition coefficient (Wildman–Crippen LogP) is 4.38. The van der Waals surface area contributed by atoms with Gasteiger partial charge in [0.05, 0.1) is 5.52 Å². The maximum absolute atomic E-state index is 6.76. The number of nitrogens with two attached hydrogens (primary N) is 1. The first-order chi connectivity index (χ1) is 9.71. The molecule has 1 saturated carbocycles. The van der Waals surface area contributed by atoms with Gasteiger partial charge in [-0.2, -0.15) is 0 Å². The zero-order chi connectivity index (χ0) is 14.0. The number of benzene rings is 1. The van der Waals surface area contributed by atoms with Crippen LogP contribution in [0.2, 0.25) is 0 Å². The molecule has 2 atom stereocenters. The third-order valence-electron chi connectivity index (χ3n) is 4.99. The maximum Gasteiger partial charge on any atom is 0.0705 e. The zero-order valence-electron chi connectivity index (χ0n) is 12.3. The SMILES string of the molecule is CCC1CCCC(N)(c2ccc3cccnc3c2)CC1. The molecule has 2 heteroatoms. The molecule has 0 bridgehead atoms. The van der Waals surface area contributed by atoms with Crippen molar-refractivity contribution in [3.8, 4) is 0 Å². The fraction of sp³-hybridized carbons (Fsp3) is 0.500. The van der Waals surface area contributed by atoms with Crippen molar-refractivity contribution in [3.63, 3.8) is 0 Å². The lowest BCUT2D eigenvalue weighted by atomic mass is 9.83. The van der Waals surface area contributed by atoms with Crippen molar-refractivity contribution in [1.82, 2.24) is 4.98 Å². The van der Waals surface area contributed by atoms with E-state index in [1.54, 1.807) is 0 Å². The Balaban J connectivity index is 1.92. The van der Waals surface area contributed by atoms with Crippen LogP contribution in [0.3, 0.4) is 0 Å². The molecular weight excluding hydrogens is 244 g/mol. The summed E-state index contributed by atoms with van der Waals surface area (Å²) in [5, 5.41) is 1.19. The van der Waals surface area contributed by atoms with Crippen LogP contribution in [-0.4, -0.2) is 4.98 Å². The van der Waals surface area contributed by atoms with E-state index in [2.05, 4.69) is 36.2 Å². The molecule has 1 aromatic heterocycles. The molecule has 1 aliphatic carbocycles. The number of nitrogens with zero attached hydrogens (tertiary/aromatic N) is 1. The summed E-state index contributed by atoms with van der Waals surface area (Å²) < 4.78 is 0. The summed E-state index contributed by atoms with van der Waals surface area (Å²) in [7, 11) is 0. The number of aromatic nitrogens is 1. The van der Waals surface area contributed by atoms with E-state index in [9.17, 15) is 0 Å². The van der Waals surface area contributed by atoms with Gasteiger partial charge in [0.1, 0.15) is 0 Å². The van der Waals surface area contributed by atoms with Crippen molar-refractivity contribution < 1.29 is 0 Å². The molecule has 2 nitrogen and oxygen atoms in total. The second-order valence-corrected chi connectivity index (χ2v) is 6.27. The van der Waals surface area contributed by atoms with Crippen LogP contribution in [0, 0.1) is 5.92 Å². The highest BCUT2D eigenvalue weighted by atomic mass is 14.7. The Kier molecular flexibility index (Phi) is 3.75. The van der Waals surface area contributed by atoms with Gasteiger partial charge in [-0.25, -0.2) is 0 Å². The van der Waals surface area contributed by atoms with Crippen LogP contribution >= 0.6 is 0 Å². The minimum Gasteiger partial charge on any atom is -0.321 e. The molecule has 2 N–H and O–H groups in total. The van der Waals surface area contributed by atoms with Gasteiger partial charge in [0.2, 0.25) is 0 Å². The van der Waals surface area contributed by atoms with E-state index in [4.69, 9.17) is 5.73 Å². The molecular formula is C18H24N2. The number of fused-ring (bicyclic) bond motifs is 1. The fourth-order valence-corrected chi connectivity index (χ4v) is 3.51. The standard InChI is InChI=1S/C18H24N2/c1-2-14-5-3-10-18(19,11-9-14)16-8-7-15-6-4-12-20-17(15)13-16/h4,6-8,12-14H,2-3,5,9-11,19H2,1H3. The van der Waals surface area contributed by atoms with Gasteiger partial charge in [0.15, 0.2) is 0 Å². The molecule has 1 fully saturated rings. The van der Waals surface area contributed by atoms with Gasteiger partial charge in [-0.3, -0.25) is 4.98 Å². The van der Waals surface area contributed by atoms with E-state index in [1.165, 1.54) is 36.6 Å². The Bertz CT molecular complexity index is 593. The molecule has 3 rings (SSSR count). The molecule has 1 heterocycles. The minimum atomic E-state index is -0.157. The fourth-order valence-electron chi connectivity index (χ4n) is 3.51. The molecule has 20 heavy (non-hydrogen) atoms. The Morgan fingerprint density at radius 1 is 1.25 bits per heavy atom. The lowest BCUT2D eigenvalue weighted by molar-refractivity contribution is 0.372. The summed E-state index contributed by atoms with van der Waals surface area (Å²) in [6.45, 7) is 2.30. The van der Waals surface area contributed by atoms with Crippen molar-refractivity contribution >= 4 is 10.9 Å². The predicted molar refractivity (Wildman–Crippen MR) is 84.5 cm³/mol. The van der Waals surface area contributed by atoms with Gasteiger partial charge in [0.25, 0.3) is 0 Å². The number of pyridine rings is 1. The van der Waals surface area contributed by atoms with Crippen molar-refractivity contribution in [1.29, 1.82) is 0 Å². The lowest BCUT2D eigenvalue weighted by Gasteiger charge is -2.29. The van der Waals surface area contributed by atoms with Crippen molar-refractivity contribution in [2.75, 3.05) is 0 Å². The molecule has 0 aliphatic heterocycles. The molecule has 106 valence electrons. The highest BCUT2D eigenvalue weighted by Crippen LogP contribution is 2.37. The molecule has 1 aliphatic rings. The van der Waals surface area contributed by atoms with E-state index in [1.807, 2.05) is 12.3 Å². The largest absolute Gasteiger partial charge is 0.321 e. The zero-order valence-corrected chi connectivity index (χ0v) is 12.3. The summed E-state index contributed by atoms with van der Waals surface area (Å²) in [5.74, 6) is 0.860. The Morgan fingerprint density at radius 2 is 2.15 bits per heavy atom. The number of rotatable bonds is 2. The van der Waals surface area contributed by atoms with Crippen LogP contribution in [0.25, 0.3) is 10.9 Å². The van der Waals surface area contributed by atoms with Crippen LogP contribution in [0.4, 0.5) is 0 Å². The van der Waals surface area contributed by atoms with Gasteiger partial charge >= 0.3 is 0 Å². The summed E-state index contributed by atoms with van der Waals surface area (Å²) in [6.07, 6.45) is 9.18. The number of hydrogen-bond acceptors (Lipinski definition) is 2. The van der Waals surface area contributed by atoms with Crippen molar-refractivity contribution in [2.45, 2.75) is 51.0 Å². The normalized spacial score (nSPS) is 27.4. The van der Waals surface area contributed by atoms with Crippen LogP contribution in [-0.2, 0) is 5.54 Å². The third-order valence-corrected chi connectivity index (χ3v) is 4.99. The van der Waals surface area contributed by atoms with Gasteiger partial charge in [0, 0.05) is 17.1 Å². The lowest BCUT2D eigenvalue weighted by Crippen LogP contribution is -2.36. The molecule has 0 amide bonds. The molecule has 1 aromatic carbocycles. The first-order valence-corrected chi connectivity index (χ1v) is 7.85. The summed E-state index contributed by atoms with van der Waals surface area (Å²) in [4.78, 5) is 4.47. The monoisotopic (exact) mass is 268 g/mol. The second-order valence-electron chi connectivity index (χ2n) is 6.27. The first-order valence-electron chi connectivity index (χ1n) is 7.85. The quantitative estimate of drug-likeness (QED) is 0.821. The van der Waals surface area contributed by atoms with E-state index < -0.39 is 0 Å². The van der Waals surface area contributed by atoms with Crippen LogP contribution in [0.15, 0.2) is 36.5 Å². The molecule has 0 spiro atoms. The second kappa shape index (κ2) is 5.53. The van der Waals surface area contributed by atoms with Gasteiger partial charge in [-0.1, -0.05) is 44.4 Å². The van der Waals surface area contributed by atoms with E-state index in [-0.39, 0.29) is 5.54 Å². The van der Waals surface area contributed by atoms with Gasteiger partial charge < -0.3 is 5.73 Å². The Morgan fingerprint density at radius 3 is 3.00 bits per heavy atom.